The number of para-hydroxylation sites is 1. The van der Waals surface area contributed by atoms with Crippen molar-refractivity contribution in [2.45, 2.75) is 13.0 Å². The predicted octanol–water partition coefficient (Wildman–Crippen LogP) is 4.24. The van der Waals surface area contributed by atoms with Crippen molar-refractivity contribution in [2.75, 3.05) is 0 Å². The monoisotopic (exact) mass is 299 g/mol. The molecule has 0 bridgehead atoms. The zero-order chi connectivity index (χ0) is 14.8. The number of benzene rings is 2. The van der Waals surface area contributed by atoms with Crippen LogP contribution in [-0.4, -0.2) is 15.6 Å². The molecule has 0 amide bonds. The van der Waals surface area contributed by atoms with Crippen LogP contribution in [0.4, 0.5) is 0 Å². The van der Waals surface area contributed by atoms with Gasteiger partial charge in [-0.15, -0.1) is 0 Å². The highest BCUT2D eigenvalue weighted by atomic mass is 35.5. The number of carboxylic acid groups (broad SMARTS) is 1. The summed E-state index contributed by atoms with van der Waals surface area (Å²) in [5.74, 6) is -0.991. The fourth-order valence-electron chi connectivity index (χ4n) is 2.58. The van der Waals surface area contributed by atoms with Gasteiger partial charge < -0.3 is 9.67 Å². The zero-order valence-electron chi connectivity index (χ0n) is 11.3. The Morgan fingerprint density at radius 3 is 2.43 bits per heavy atom. The highest BCUT2D eigenvalue weighted by Crippen LogP contribution is 2.30. The molecule has 21 heavy (non-hydrogen) atoms. The van der Waals surface area contributed by atoms with E-state index in [0.29, 0.717) is 17.1 Å². The lowest BCUT2D eigenvalue weighted by Gasteiger charge is -2.07. The Hall–Kier alpha value is -2.26. The lowest BCUT2D eigenvalue weighted by Crippen LogP contribution is -2.03. The third-order valence-corrected chi connectivity index (χ3v) is 3.98. The molecule has 3 nitrogen and oxygen atoms in total. The quantitative estimate of drug-likeness (QED) is 0.783. The van der Waals surface area contributed by atoms with Crippen molar-refractivity contribution in [3.63, 3.8) is 0 Å². The molecule has 0 atom stereocenters. The molecule has 3 aromatic rings. The smallest absolute Gasteiger partial charge is 0.339 e. The highest BCUT2D eigenvalue weighted by molar-refractivity contribution is 6.35. The Balaban J connectivity index is 2.02. The minimum absolute atomic E-state index is 0.181. The van der Waals surface area contributed by atoms with Gasteiger partial charge in [0.2, 0.25) is 0 Å². The van der Waals surface area contributed by atoms with E-state index in [-0.39, 0.29) is 5.56 Å². The summed E-state index contributed by atoms with van der Waals surface area (Å²) in [7, 11) is 0. The van der Waals surface area contributed by atoms with Crippen molar-refractivity contribution in [3.8, 4) is 0 Å². The molecular weight excluding hydrogens is 286 g/mol. The van der Waals surface area contributed by atoms with Gasteiger partial charge in [-0.25, -0.2) is 4.79 Å². The summed E-state index contributed by atoms with van der Waals surface area (Å²) in [6, 6.07) is 17.5. The fraction of sp³-hybridized carbons (Fsp3) is 0.118. The normalized spacial score (nSPS) is 10.9. The lowest BCUT2D eigenvalue weighted by atomic mass is 10.1. The predicted molar refractivity (Wildman–Crippen MR) is 84.1 cm³/mol. The number of fused-ring (bicyclic) bond motifs is 1. The number of aromatic nitrogens is 1. The van der Waals surface area contributed by atoms with Gasteiger partial charge in [0.25, 0.3) is 0 Å². The second kappa shape index (κ2) is 5.62. The van der Waals surface area contributed by atoms with E-state index in [2.05, 4.69) is 12.1 Å². The molecule has 4 heteroatoms. The Morgan fingerprint density at radius 1 is 1.05 bits per heavy atom. The van der Waals surface area contributed by atoms with Crippen molar-refractivity contribution < 1.29 is 9.90 Å². The molecule has 0 saturated heterocycles. The minimum Gasteiger partial charge on any atom is -0.478 e. The fourth-order valence-corrected chi connectivity index (χ4v) is 2.94. The molecule has 3 rings (SSSR count). The molecule has 0 saturated carbocycles. The van der Waals surface area contributed by atoms with E-state index < -0.39 is 5.97 Å². The van der Waals surface area contributed by atoms with Crippen LogP contribution >= 0.6 is 11.6 Å². The number of carbonyl (C=O) groups is 1. The molecule has 0 spiro atoms. The van der Waals surface area contributed by atoms with Crippen molar-refractivity contribution in [1.29, 1.82) is 0 Å². The molecule has 0 fully saturated rings. The van der Waals surface area contributed by atoms with Gasteiger partial charge in [-0.1, -0.05) is 60.1 Å². The van der Waals surface area contributed by atoms with Crippen LogP contribution in [-0.2, 0) is 13.0 Å². The zero-order valence-corrected chi connectivity index (χ0v) is 12.0. The van der Waals surface area contributed by atoms with E-state index in [9.17, 15) is 9.90 Å². The first-order valence-corrected chi connectivity index (χ1v) is 7.10. The van der Waals surface area contributed by atoms with Crippen LogP contribution in [0.5, 0.6) is 0 Å². The van der Waals surface area contributed by atoms with E-state index in [1.165, 1.54) is 5.56 Å². The number of halogens is 1. The van der Waals surface area contributed by atoms with Crippen LogP contribution in [0, 0.1) is 0 Å². The average Bonchev–Trinajstić information content (AvgIpc) is 2.78. The first-order chi connectivity index (χ1) is 10.2. The first-order valence-electron chi connectivity index (χ1n) is 6.72. The van der Waals surface area contributed by atoms with E-state index in [4.69, 9.17) is 11.6 Å². The Kier molecular flexibility index (Phi) is 3.67. The van der Waals surface area contributed by atoms with Crippen molar-refractivity contribution in [1.82, 2.24) is 4.57 Å². The number of hydrogen-bond acceptors (Lipinski definition) is 1. The first kappa shape index (κ1) is 13.7. The molecule has 1 N–H and O–H groups in total. The maximum atomic E-state index is 11.4. The van der Waals surface area contributed by atoms with E-state index in [1.54, 1.807) is 6.07 Å². The molecule has 2 aromatic carbocycles. The van der Waals surface area contributed by atoms with E-state index in [1.807, 2.05) is 41.0 Å². The summed E-state index contributed by atoms with van der Waals surface area (Å²) in [4.78, 5) is 11.4. The number of hydrogen-bond donors (Lipinski definition) is 1. The summed E-state index contributed by atoms with van der Waals surface area (Å²) in [6.45, 7) is 0.649. The molecule has 0 unspecified atom stereocenters. The average molecular weight is 300 g/mol. The Bertz CT molecular complexity index is 793. The molecule has 0 aliphatic rings. The summed E-state index contributed by atoms with van der Waals surface area (Å²) < 4.78 is 1.87. The van der Waals surface area contributed by atoms with Crippen LogP contribution < -0.4 is 0 Å². The highest BCUT2D eigenvalue weighted by Gasteiger charge is 2.20. The van der Waals surface area contributed by atoms with Crippen LogP contribution in [0.2, 0.25) is 5.15 Å². The van der Waals surface area contributed by atoms with Gasteiger partial charge in [-0.2, -0.15) is 0 Å². The second-order valence-electron chi connectivity index (χ2n) is 4.88. The van der Waals surface area contributed by atoms with Gasteiger partial charge >= 0.3 is 5.97 Å². The molecule has 0 aliphatic heterocycles. The minimum atomic E-state index is -0.991. The van der Waals surface area contributed by atoms with Gasteiger partial charge in [-0.3, -0.25) is 0 Å². The lowest BCUT2D eigenvalue weighted by molar-refractivity contribution is 0.0699. The number of nitrogens with zero attached hydrogens (tertiary/aromatic N) is 1. The third-order valence-electron chi connectivity index (χ3n) is 3.59. The maximum absolute atomic E-state index is 11.4. The Labute approximate surface area is 127 Å². The Morgan fingerprint density at radius 2 is 1.71 bits per heavy atom. The molecule has 0 radical (unpaired) electrons. The van der Waals surface area contributed by atoms with E-state index >= 15 is 0 Å². The molecule has 106 valence electrons. The van der Waals surface area contributed by atoms with Crippen molar-refractivity contribution in [2.24, 2.45) is 0 Å². The number of rotatable bonds is 4. The summed E-state index contributed by atoms with van der Waals surface area (Å²) in [5, 5.41) is 10.3. The van der Waals surface area contributed by atoms with Crippen LogP contribution in [0.25, 0.3) is 10.9 Å². The molecule has 1 aromatic heterocycles. The van der Waals surface area contributed by atoms with Crippen LogP contribution in [0.3, 0.4) is 0 Å². The van der Waals surface area contributed by atoms with Crippen LogP contribution in [0.15, 0.2) is 54.6 Å². The number of carboxylic acids is 1. The second-order valence-corrected chi connectivity index (χ2v) is 5.23. The van der Waals surface area contributed by atoms with Gasteiger partial charge in [0.15, 0.2) is 0 Å². The number of aryl methyl sites for hydroxylation is 2. The SMILES string of the molecule is O=C(O)c1c(Cl)n(CCc2ccccc2)c2ccccc12. The summed E-state index contributed by atoms with van der Waals surface area (Å²) in [6.07, 6.45) is 0.804. The maximum Gasteiger partial charge on any atom is 0.339 e. The summed E-state index contributed by atoms with van der Waals surface area (Å²) in [5.41, 5.74) is 2.24. The molecule has 1 heterocycles. The van der Waals surface area contributed by atoms with Gasteiger partial charge in [0, 0.05) is 11.9 Å². The van der Waals surface area contributed by atoms with Crippen molar-refractivity contribution in [3.05, 3.63) is 70.9 Å². The standard InChI is InChI=1S/C17H14ClNO2/c18-16-15(17(20)21)13-8-4-5-9-14(13)19(16)11-10-12-6-2-1-3-7-12/h1-9H,10-11H2,(H,20,21). The van der Waals surface area contributed by atoms with E-state index in [0.717, 1.165) is 11.9 Å². The number of aromatic carboxylic acids is 1. The summed E-state index contributed by atoms with van der Waals surface area (Å²) >= 11 is 6.30. The third kappa shape index (κ3) is 2.52. The van der Waals surface area contributed by atoms with Gasteiger partial charge in [0.1, 0.15) is 10.7 Å². The largest absolute Gasteiger partial charge is 0.478 e. The molecule has 0 aliphatic carbocycles. The topological polar surface area (TPSA) is 42.2 Å². The molecular formula is C17H14ClNO2. The van der Waals surface area contributed by atoms with Crippen LogP contribution in [0.1, 0.15) is 15.9 Å². The van der Waals surface area contributed by atoms with Gasteiger partial charge in [-0.05, 0) is 18.1 Å². The van der Waals surface area contributed by atoms with Crippen molar-refractivity contribution >= 4 is 28.5 Å². The van der Waals surface area contributed by atoms with Gasteiger partial charge in [0.05, 0.1) is 5.52 Å².